The molecular weight excluding hydrogens is 188 g/mol. The predicted octanol–water partition coefficient (Wildman–Crippen LogP) is 1.53. The second-order valence-electron chi connectivity index (χ2n) is 3.20. The van der Waals surface area contributed by atoms with Gasteiger partial charge in [-0.05, 0) is 37.2 Å². The molecule has 1 unspecified atom stereocenters. The third-order valence-electron chi connectivity index (χ3n) is 2.07. The van der Waals surface area contributed by atoms with E-state index >= 15 is 0 Å². The van der Waals surface area contributed by atoms with Gasteiger partial charge in [0.05, 0.1) is 6.10 Å². The van der Waals surface area contributed by atoms with Crippen LogP contribution in [-0.2, 0) is 0 Å². The highest BCUT2D eigenvalue weighted by Gasteiger charge is 2.13. The average molecular weight is 201 g/mol. The first-order chi connectivity index (χ1) is 6.56. The molecule has 0 aliphatic rings. The molecule has 0 saturated heterocycles. The van der Waals surface area contributed by atoms with Crippen LogP contribution in [0.15, 0.2) is 12.1 Å². The number of aliphatic hydroxyl groups is 1. The fourth-order valence-corrected chi connectivity index (χ4v) is 1.32. The molecule has 1 aromatic rings. The van der Waals surface area contributed by atoms with E-state index in [0.29, 0.717) is 17.7 Å². The Hall–Kier alpha value is -1.00. The first-order valence-electron chi connectivity index (χ1n) is 4.34. The van der Waals surface area contributed by atoms with Crippen molar-refractivity contribution in [3.63, 3.8) is 0 Å². The highest BCUT2D eigenvalue weighted by molar-refractivity contribution is 5.29. The van der Waals surface area contributed by atoms with Gasteiger partial charge in [0.25, 0.3) is 0 Å². The molecule has 0 saturated carbocycles. The fourth-order valence-electron chi connectivity index (χ4n) is 1.32. The van der Waals surface area contributed by atoms with E-state index < -0.39 is 17.7 Å². The maximum absolute atomic E-state index is 12.9. The number of hydrogen-bond acceptors (Lipinski definition) is 2. The highest BCUT2D eigenvalue weighted by Crippen LogP contribution is 2.20. The van der Waals surface area contributed by atoms with E-state index in [1.165, 1.54) is 0 Å². The topological polar surface area (TPSA) is 32.3 Å². The summed E-state index contributed by atoms with van der Waals surface area (Å²) in [6.45, 7) is 1.95. The van der Waals surface area contributed by atoms with Crippen LogP contribution in [0.25, 0.3) is 0 Å². The van der Waals surface area contributed by atoms with Gasteiger partial charge < -0.3 is 10.4 Å². The molecule has 0 amide bonds. The minimum Gasteiger partial charge on any atom is -0.387 e. The number of aryl methyl sites for hydroxylation is 1. The summed E-state index contributed by atoms with van der Waals surface area (Å²) in [5.74, 6) is -1.82. The van der Waals surface area contributed by atoms with Crippen molar-refractivity contribution in [1.29, 1.82) is 0 Å². The molecule has 2 N–H and O–H groups in total. The van der Waals surface area contributed by atoms with Crippen molar-refractivity contribution >= 4 is 0 Å². The van der Waals surface area contributed by atoms with E-state index in [4.69, 9.17) is 0 Å². The maximum atomic E-state index is 12.9. The third-order valence-corrected chi connectivity index (χ3v) is 2.07. The number of rotatable bonds is 3. The second-order valence-corrected chi connectivity index (χ2v) is 3.20. The van der Waals surface area contributed by atoms with Crippen molar-refractivity contribution in [2.24, 2.45) is 0 Å². The van der Waals surface area contributed by atoms with E-state index in [9.17, 15) is 13.9 Å². The molecule has 4 heteroatoms. The lowest BCUT2D eigenvalue weighted by molar-refractivity contribution is 0.176. The molecule has 0 radical (unpaired) electrons. The zero-order chi connectivity index (χ0) is 10.7. The minimum atomic E-state index is -0.930. The van der Waals surface area contributed by atoms with E-state index in [-0.39, 0.29) is 0 Å². The molecule has 14 heavy (non-hydrogen) atoms. The zero-order valence-corrected chi connectivity index (χ0v) is 8.14. The molecule has 0 spiro atoms. The number of nitrogens with one attached hydrogen (secondary N) is 1. The van der Waals surface area contributed by atoms with Crippen molar-refractivity contribution in [2.75, 3.05) is 13.6 Å². The monoisotopic (exact) mass is 201 g/mol. The molecule has 0 fully saturated rings. The lowest BCUT2D eigenvalue weighted by Crippen LogP contribution is -2.17. The Kier molecular flexibility index (Phi) is 3.55. The van der Waals surface area contributed by atoms with Gasteiger partial charge >= 0.3 is 0 Å². The van der Waals surface area contributed by atoms with Crippen molar-refractivity contribution in [3.8, 4) is 0 Å². The molecule has 0 aliphatic heterocycles. The summed E-state index contributed by atoms with van der Waals surface area (Å²) in [6, 6.07) is 2.12. The van der Waals surface area contributed by atoms with Crippen LogP contribution in [0.3, 0.4) is 0 Å². The van der Waals surface area contributed by atoms with Crippen LogP contribution in [-0.4, -0.2) is 18.7 Å². The molecule has 0 aromatic heterocycles. The van der Waals surface area contributed by atoms with Gasteiger partial charge in [0.2, 0.25) is 0 Å². The Bertz CT molecular complexity index is 328. The molecule has 0 heterocycles. The van der Waals surface area contributed by atoms with Crippen LogP contribution in [0.2, 0.25) is 0 Å². The normalized spacial score (nSPS) is 12.9. The summed E-state index contributed by atoms with van der Waals surface area (Å²) in [7, 11) is 1.68. The first kappa shape index (κ1) is 11.1. The number of benzene rings is 1. The van der Waals surface area contributed by atoms with Gasteiger partial charge in [0.1, 0.15) is 0 Å². The summed E-state index contributed by atoms with van der Waals surface area (Å²) in [5.41, 5.74) is 0.963. The molecule has 78 valence electrons. The Morgan fingerprint density at radius 2 is 1.93 bits per heavy atom. The predicted molar refractivity (Wildman–Crippen MR) is 50.0 cm³/mol. The highest BCUT2D eigenvalue weighted by atomic mass is 19.2. The Balaban J connectivity index is 3.02. The minimum absolute atomic E-state index is 0.311. The van der Waals surface area contributed by atoms with E-state index in [1.54, 1.807) is 14.0 Å². The summed E-state index contributed by atoms with van der Waals surface area (Å²) in [6.07, 6.45) is -0.810. The first-order valence-corrected chi connectivity index (χ1v) is 4.34. The summed E-state index contributed by atoms with van der Waals surface area (Å²) < 4.78 is 25.6. The fraction of sp³-hybridized carbons (Fsp3) is 0.400. The van der Waals surface area contributed by atoms with Gasteiger partial charge in [-0.25, -0.2) is 8.78 Å². The Labute approximate surface area is 81.6 Å². The van der Waals surface area contributed by atoms with Crippen LogP contribution in [0, 0.1) is 18.6 Å². The lowest BCUT2D eigenvalue weighted by Gasteiger charge is -2.13. The van der Waals surface area contributed by atoms with Gasteiger partial charge in [-0.1, -0.05) is 0 Å². The molecular formula is C10H13F2NO. The summed E-state index contributed by atoms with van der Waals surface area (Å²) in [5, 5.41) is 12.3. The van der Waals surface area contributed by atoms with Crippen LogP contribution in [0.4, 0.5) is 8.78 Å². The Morgan fingerprint density at radius 3 is 2.50 bits per heavy atom. The van der Waals surface area contributed by atoms with E-state index in [0.717, 1.165) is 12.1 Å². The zero-order valence-electron chi connectivity index (χ0n) is 8.14. The molecule has 1 rings (SSSR count). The smallest absolute Gasteiger partial charge is 0.159 e. The molecule has 1 aromatic carbocycles. The maximum Gasteiger partial charge on any atom is 0.159 e. The molecule has 0 bridgehead atoms. The second kappa shape index (κ2) is 4.48. The number of halogens is 2. The summed E-state index contributed by atoms with van der Waals surface area (Å²) >= 11 is 0. The summed E-state index contributed by atoms with van der Waals surface area (Å²) in [4.78, 5) is 0. The van der Waals surface area contributed by atoms with E-state index in [1.807, 2.05) is 0 Å². The molecule has 2 nitrogen and oxygen atoms in total. The van der Waals surface area contributed by atoms with Crippen LogP contribution in [0.5, 0.6) is 0 Å². The van der Waals surface area contributed by atoms with Crippen LogP contribution >= 0.6 is 0 Å². The number of aliphatic hydroxyl groups excluding tert-OH is 1. The largest absolute Gasteiger partial charge is 0.387 e. The standard InChI is InChI=1S/C10H13F2NO/c1-6-3-8(11)9(12)4-7(6)10(14)5-13-2/h3-4,10,13-14H,5H2,1-2H3. The van der Waals surface area contributed by atoms with Crippen LogP contribution < -0.4 is 5.32 Å². The number of likely N-dealkylation sites (N-methyl/N-ethyl adjacent to an activating group) is 1. The van der Waals surface area contributed by atoms with Gasteiger partial charge in [-0.15, -0.1) is 0 Å². The average Bonchev–Trinajstić information content (AvgIpc) is 2.11. The van der Waals surface area contributed by atoms with Gasteiger partial charge in [0.15, 0.2) is 11.6 Å². The van der Waals surface area contributed by atoms with Gasteiger partial charge in [0, 0.05) is 6.54 Å². The van der Waals surface area contributed by atoms with Gasteiger partial charge in [-0.2, -0.15) is 0 Å². The quantitative estimate of drug-likeness (QED) is 0.777. The molecule has 0 aliphatic carbocycles. The SMILES string of the molecule is CNCC(O)c1cc(F)c(F)cc1C. The van der Waals surface area contributed by atoms with Crippen molar-refractivity contribution in [2.45, 2.75) is 13.0 Å². The van der Waals surface area contributed by atoms with Crippen molar-refractivity contribution in [1.82, 2.24) is 5.32 Å². The van der Waals surface area contributed by atoms with Crippen molar-refractivity contribution in [3.05, 3.63) is 34.9 Å². The van der Waals surface area contributed by atoms with E-state index in [2.05, 4.69) is 5.32 Å². The number of hydrogen-bond donors (Lipinski definition) is 2. The third kappa shape index (κ3) is 2.27. The van der Waals surface area contributed by atoms with Crippen molar-refractivity contribution < 1.29 is 13.9 Å². The lowest BCUT2D eigenvalue weighted by atomic mass is 10.0. The van der Waals surface area contributed by atoms with Crippen LogP contribution in [0.1, 0.15) is 17.2 Å². The van der Waals surface area contributed by atoms with Gasteiger partial charge in [-0.3, -0.25) is 0 Å². The molecule has 1 atom stereocenters. The Morgan fingerprint density at radius 1 is 1.36 bits per heavy atom.